The summed E-state index contributed by atoms with van der Waals surface area (Å²) in [5.41, 5.74) is 0. The summed E-state index contributed by atoms with van der Waals surface area (Å²) in [5, 5.41) is 23.3. The summed E-state index contributed by atoms with van der Waals surface area (Å²) in [4.78, 5) is 12.6. The van der Waals surface area contributed by atoms with Gasteiger partial charge in [0.05, 0.1) is 17.9 Å². The molecule has 3 unspecified atom stereocenters. The lowest BCUT2D eigenvalue weighted by atomic mass is 10.0. The topological polar surface area (TPSA) is 124 Å². The van der Waals surface area contributed by atoms with Crippen LogP contribution in [0.4, 0.5) is 0 Å². The molecule has 0 aromatic carbocycles. The molecule has 0 aliphatic rings. The van der Waals surface area contributed by atoms with Crippen LogP contribution >= 0.6 is 0 Å². The van der Waals surface area contributed by atoms with Crippen molar-refractivity contribution in [1.82, 2.24) is 5.32 Å². The Kier molecular flexibility index (Phi) is 34.8. The van der Waals surface area contributed by atoms with Crippen molar-refractivity contribution < 1.29 is 28.0 Å². The van der Waals surface area contributed by atoms with Crippen LogP contribution in [0.2, 0.25) is 0 Å². The van der Waals surface area contributed by atoms with E-state index in [1.165, 1.54) is 122 Å². The summed E-state index contributed by atoms with van der Waals surface area (Å²) >= 11 is 0. The van der Waals surface area contributed by atoms with E-state index in [0.29, 0.717) is 12.8 Å². The standard InChI is InChI=1S/C42H79NO6S/c1-3-5-7-9-11-13-15-16-17-18-19-20-21-22-23-24-25-27-29-31-33-35-37-41(45)42(46)43-39(38-50(47,48)49)40(44)36-34-32-30-28-26-14-12-10-8-6-4-2/h8,10,26,28,34,36,39-41,44-45H,3-7,9,11-25,27,29-33,35,37-38H2,1-2H3,(H,43,46)(H,47,48,49)/b10-8+,28-26+,36-34+. The van der Waals surface area contributed by atoms with Crippen LogP contribution in [-0.4, -0.2) is 53.1 Å². The van der Waals surface area contributed by atoms with Gasteiger partial charge in [-0.1, -0.05) is 198 Å². The highest BCUT2D eigenvalue weighted by atomic mass is 32.2. The molecule has 0 bridgehead atoms. The van der Waals surface area contributed by atoms with Crippen molar-refractivity contribution in [3.8, 4) is 0 Å². The summed E-state index contributed by atoms with van der Waals surface area (Å²) in [5.74, 6) is -1.56. The predicted molar refractivity (Wildman–Crippen MR) is 213 cm³/mol. The summed E-state index contributed by atoms with van der Waals surface area (Å²) < 4.78 is 32.4. The van der Waals surface area contributed by atoms with Crippen LogP contribution in [0.1, 0.15) is 200 Å². The average molecular weight is 726 g/mol. The molecule has 1 amide bonds. The molecule has 0 rings (SSSR count). The Bertz CT molecular complexity index is 948. The highest BCUT2D eigenvalue weighted by Gasteiger charge is 2.27. The molecule has 0 aromatic rings. The first-order chi connectivity index (χ1) is 24.2. The zero-order valence-electron chi connectivity index (χ0n) is 32.4. The number of carbonyl (C=O) groups excluding carboxylic acids is 1. The van der Waals surface area contributed by atoms with Crippen LogP contribution in [0, 0.1) is 0 Å². The molecule has 0 heterocycles. The van der Waals surface area contributed by atoms with E-state index < -0.39 is 40.0 Å². The van der Waals surface area contributed by atoms with Crippen LogP contribution in [-0.2, 0) is 14.9 Å². The first kappa shape index (κ1) is 48.5. The van der Waals surface area contributed by atoms with Gasteiger partial charge in [0.25, 0.3) is 10.1 Å². The molecule has 0 fully saturated rings. The first-order valence-electron chi connectivity index (χ1n) is 20.8. The van der Waals surface area contributed by atoms with Gasteiger partial charge in [0.15, 0.2) is 0 Å². The van der Waals surface area contributed by atoms with Crippen molar-refractivity contribution in [3.63, 3.8) is 0 Å². The van der Waals surface area contributed by atoms with E-state index in [2.05, 4.69) is 43.5 Å². The number of aliphatic hydroxyl groups excluding tert-OH is 2. The van der Waals surface area contributed by atoms with Gasteiger partial charge in [-0.05, 0) is 38.5 Å². The van der Waals surface area contributed by atoms with Gasteiger partial charge in [-0.25, -0.2) is 0 Å². The molecule has 0 aromatic heterocycles. The second-order valence-corrected chi connectivity index (χ2v) is 15.9. The van der Waals surface area contributed by atoms with Crippen LogP contribution in [0.3, 0.4) is 0 Å². The summed E-state index contributed by atoms with van der Waals surface area (Å²) in [6.07, 6.45) is 43.6. The molecule has 3 atom stereocenters. The van der Waals surface area contributed by atoms with Gasteiger partial charge in [-0.2, -0.15) is 8.42 Å². The van der Waals surface area contributed by atoms with E-state index in [9.17, 15) is 28.0 Å². The Morgan fingerprint density at radius 3 is 1.28 bits per heavy atom. The van der Waals surface area contributed by atoms with Crippen LogP contribution < -0.4 is 5.32 Å². The van der Waals surface area contributed by atoms with E-state index in [0.717, 1.165) is 51.4 Å². The number of allylic oxidation sites excluding steroid dienone is 5. The fraction of sp³-hybridized carbons (Fsp3) is 0.833. The van der Waals surface area contributed by atoms with Gasteiger partial charge in [-0.15, -0.1) is 0 Å². The highest BCUT2D eigenvalue weighted by Crippen LogP contribution is 2.16. The molecule has 0 saturated heterocycles. The quantitative estimate of drug-likeness (QED) is 0.0287. The SMILES string of the molecule is CCC/C=C/CC/C=C/CC/C=C/C(O)C(CS(=O)(=O)O)NC(=O)C(O)CCCCCCCCCCCCCCCCCCCCCCCC. The zero-order valence-corrected chi connectivity index (χ0v) is 33.2. The van der Waals surface area contributed by atoms with Gasteiger partial charge in [0.2, 0.25) is 5.91 Å². The molecule has 0 radical (unpaired) electrons. The predicted octanol–water partition coefficient (Wildman–Crippen LogP) is 11.1. The Morgan fingerprint density at radius 2 is 0.900 bits per heavy atom. The first-order valence-corrected chi connectivity index (χ1v) is 22.4. The normalized spacial score (nSPS) is 14.3. The zero-order chi connectivity index (χ0) is 37.0. The monoisotopic (exact) mass is 726 g/mol. The van der Waals surface area contributed by atoms with E-state index in [1.54, 1.807) is 6.08 Å². The van der Waals surface area contributed by atoms with E-state index in [-0.39, 0.29) is 6.42 Å². The van der Waals surface area contributed by atoms with Gasteiger partial charge >= 0.3 is 0 Å². The third kappa shape index (κ3) is 34.9. The maximum atomic E-state index is 12.6. The second-order valence-electron chi connectivity index (χ2n) is 14.4. The van der Waals surface area contributed by atoms with Crippen LogP contribution in [0.5, 0.6) is 0 Å². The van der Waals surface area contributed by atoms with E-state index in [4.69, 9.17) is 0 Å². The number of hydrogen-bond acceptors (Lipinski definition) is 5. The van der Waals surface area contributed by atoms with E-state index in [1.807, 2.05) is 0 Å². The van der Waals surface area contributed by atoms with Gasteiger partial charge < -0.3 is 15.5 Å². The molecular formula is C42H79NO6S. The number of unbranched alkanes of at least 4 members (excludes halogenated alkanes) is 24. The number of aliphatic hydroxyl groups is 2. The van der Waals surface area contributed by atoms with Crippen molar-refractivity contribution in [2.24, 2.45) is 0 Å². The number of nitrogens with one attached hydrogen (secondary N) is 1. The average Bonchev–Trinajstić information content (AvgIpc) is 3.08. The molecule has 7 nitrogen and oxygen atoms in total. The van der Waals surface area contributed by atoms with Crippen molar-refractivity contribution in [1.29, 1.82) is 0 Å². The molecule has 0 saturated carbocycles. The van der Waals surface area contributed by atoms with E-state index >= 15 is 0 Å². The molecule has 0 aliphatic heterocycles. The number of hydrogen-bond donors (Lipinski definition) is 4. The molecule has 0 aliphatic carbocycles. The maximum absolute atomic E-state index is 12.6. The number of carbonyl (C=O) groups is 1. The molecule has 4 N–H and O–H groups in total. The Morgan fingerprint density at radius 1 is 0.540 bits per heavy atom. The van der Waals surface area contributed by atoms with Crippen LogP contribution in [0.15, 0.2) is 36.5 Å². The Hall–Kier alpha value is -1.48. The van der Waals surface area contributed by atoms with Gasteiger partial charge in [0.1, 0.15) is 6.10 Å². The lowest BCUT2D eigenvalue weighted by molar-refractivity contribution is -0.130. The third-order valence-corrected chi connectivity index (χ3v) is 10.2. The summed E-state index contributed by atoms with van der Waals surface area (Å²) in [6.45, 7) is 4.43. The maximum Gasteiger partial charge on any atom is 0.267 e. The molecule has 294 valence electrons. The Labute approximate surface area is 309 Å². The van der Waals surface area contributed by atoms with Crippen molar-refractivity contribution in [3.05, 3.63) is 36.5 Å². The number of amides is 1. The largest absolute Gasteiger partial charge is 0.387 e. The van der Waals surface area contributed by atoms with Crippen molar-refractivity contribution in [2.75, 3.05) is 5.75 Å². The minimum absolute atomic E-state index is 0.274. The lowest BCUT2D eigenvalue weighted by Crippen LogP contribution is -2.50. The molecule has 50 heavy (non-hydrogen) atoms. The smallest absolute Gasteiger partial charge is 0.267 e. The summed E-state index contributed by atoms with van der Waals surface area (Å²) in [6, 6.07) is -1.25. The molecule has 0 spiro atoms. The fourth-order valence-corrected chi connectivity index (χ4v) is 6.94. The lowest BCUT2D eigenvalue weighted by Gasteiger charge is -2.22. The minimum Gasteiger partial charge on any atom is -0.387 e. The van der Waals surface area contributed by atoms with Crippen LogP contribution in [0.25, 0.3) is 0 Å². The van der Waals surface area contributed by atoms with Gasteiger partial charge in [0, 0.05) is 0 Å². The van der Waals surface area contributed by atoms with Crippen molar-refractivity contribution >= 4 is 16.0 Å². The third-order valence-electron chi connectivity index (χ3n) is 9.39. The number of rotatable bonds is 37. The summed E-state index contributed by atoms with van der Waals surface area (Å²) in [7, 11) is -4.45. The second kappa shape index (κ2) is 35.9. The Balaban J connectivity index is 3.93. The van der Waals surface area contributed by atoms with Crippen molar-refractivity contribution in [2.45, 2.75) is 218 Å². The highest BCUT2D eigenvalue weighted by molar-refractivity contribution is 7.85. The fourth-order valence-electron chi connectivity index (χ4n) is 6.20. The molecule has 8 heteroatoms. The molecular weight excluding hydrogens is 647 g/mol. The minimum atomic E-state index is -4.45. The van der Waals surface area contributed by atoms with Gasteiger partial charge in [-0.3, -0.25) is 9.35 Å².